The van der Waals surface area contributed by atoms with Crippen molar-refractivity contribution >= 4 is 11.7 Å². The third-order valence-corrected chi connectivity index (χ3v) is 3.25. The second-order valence-electron chi connectivity index (χ2n) is 5.03. The van der Waals surface area contributed by atoms with E-state index in [1.807, 2.05) is 6.07 Å². The lowest BCUT2D eigenvalue weighted by atomic mass is 9.99. The second kappa shape index (κ2) is 4.94. The number of methoxy groups -OCH3 is 1. The summed E-state index contributed by atoms with van der Waals surface area (Å²) < 4.78 is 4.70. The Morgan fingerprint density at radius 2 is 2.33 bits per heavy atom. The summed E-state index contributed by atoms with van der Waals surface area (Å²) >= 11 is 0. The van der Waals surface area contributed by atoms with Gasteiger partial charge < -0.3 is 15.0 Å². The predicted octanol–water partition coefficient (Wildman–Crippen LogP) is 1.06. The Morgan fingerprint density at radius 1 is 1.56 bits per heavy atom. The van der Waals surface area contributed by atoms with Gasteiger partial charge in [0.15, 0.2) is 0 Å². The first-order chi connectivity index (χ1) is 8.54. The van der Waals surface area contributed by atoms with E-state index in [2.05, 4.69) is 29.0 Å². The maximum Gasteiger partial charge on any atom is 0.356 e. The summed E-state index contributed by atoms with van der Waals surface area (Å²) in [6, 6.07) is 3.72. The first-order valence-electron chi connectivity index (χ1n) is 6.07. The number of nitrogens with zero attached hydrogens (tertiary/aromatic N) is 2. The molecule has 0 unspecified atom stereocenters. The number of ether oxygens (including phenoxy) is 1. The molecule has 1 aromatic heterocycles. The van der Waals surface area contributed by atoms with Crippen LogP contribution in [-0.4, -0.2) is 43.2 Å². The molecule has 1 aliphatic heterocycles. The van der Waals surface area contributed by atoms with Crippen LogP contribution >= 0.6 is 0 Å². The van der Waals surface area contributed by atoms with Crippen LogP contribution in [0, 0.1) is 0 Å². The van der Waals surface area contributed by atoms with Crippen molar-refractivity contribution < 1.29 is 9.53 Å². The molecule has 1 aromatic rings. The maximum absolute atomic E-state index is 11.5. The van der Waals surface area contributed by atoms with E-state index in [4.69, 9.17) is 4.74 Å². The van der Waals surface area contributed by atoms with Gasteiger partial charge in [-0.05, 0) is 26.0 Å². The normalized spacial score (nSPS) is 18.5. The largest absolute Gasteiger partial charge is 0.464 e. The Kier molecular flexibility index (Phi) is 3.52. The van der Waals surface area contributed by atoms with Gasteiger partial charge in [-0.2, -0.15) is 0 Å². The molecule has 0 bridgehead atoms. The molecule has 0 aliphatic carbocycles. The molecule has 0 atom stereocenters. The van der Waals surface area contributed by atoms with Crippen molar-refractivity contribution in [2.45, 2.75) is 19.4 Å². The van der Waals surface area contributed by atoms with E-state index < -0.39 is 5.97 Å². The van der Waals surface area contributed by atoms with Crippen LogP contribution in [0.3, 0.4) is 0 Å². The SMILES string of the molecule is COC(=O)c1cc(N2CCNCC2(C)C)ccn1. The van der Waals surface area contributed by atoms with E-state index >= 15 is 0 Å². The van der Waals surface area contributed by atoms with Gasteiger partial charge in [0.2, 0.25) is 0 Å². The number of carbonyl (C=O) groups is 1. The zero-order valence-corrected chi connectivity index (χ0v) is 11.1. The third-order valence-electron chi connectivity index (χ3n) is 3.25. The Bertz CT molecular complexity index is 446. The van der Waals surface area contributed by atoms with Crippen LogP contribution in [0.1, 0.15) is 24.3 Å². The highest BCUT2D eigenvalue weighted by atomic mass is 16.5. The molecule has 1 N–H and O–H groups in total. The minimum atomic E-state index is -0.398. The first-order valence-corrected chi connectivity index (χ1v) is 6.07. The van der Waals surface area contributed by atoms with Gasteiger partial charge in [0.05, 0.1) is 7.11 Å². The summed E-state index contributed by atoms with van der Waals surface area (Å²) in [7, 11) is 1.37. The molecule has 1 fully saturated rings. The zero-order valence-electron chi connectivity index (χ0n) is 11.1. The van der Waals surface area contributed by atoms with Crippen LogP contribution in [-0.2, 0) is 4.74 Å². The molecular formula is C13H19N3O2. The summed E-state index contributed by atoms with van der Waals surface area (Å²) in [5.74, 6) is -0.398. The van der Waals surface area contributed by atoms with Gasteiger partial charge in [-0.15, -0.1) is 0 Å². The molecule has 5 nitrogen and oxygen atoms in total. The average Bonchev–Trinajstić information content (AvgIpc) is 2.37. The summed E-state index contributed by atoms with van der Waals surface area (Å²) in [6.07, 6.45) is 1.65. The van der Waals surface area contributed by atoms with Gasteiger partial charge in [-0.25, -0.2) is 9.78 Å². The molecule has 0 spiro atoms. The molecule has 0 aromatic carbocycles. The smallest absolute Gasteiger partial charge is 0.356 e. The van der Waals surface area contributed by atoms with Crippen molar-refractivity contribution in [1.82, 2.24) is 10.3 Å². The average molecular weight is 249 g/mol. The number of esters is 1. The molecule has 98 valence electrons. The number of carbonyl (C=O) groups excluding carboxylic acids is 1. The van der Waals surface area contributed by atoms with Gasteiger partial charge in [-0.1, -0.05) is 0 Å². The number of pyridine rings is 1. The Hall–Kier alpha value is -1.62. The lowest BCUT2D eigenvalue weighted by Gasteiger charge is -2.44. The van der Waals surface area contributed by atoms with E-state index in [1.54, 1.807) is 12.3 Å². The number of anilines is 1. The highest BCUT2D eigenvalue weighted by molar-refractivity contribution is 5.88. The van der Waals surface area contributed by atoms with Gasteiger partial charge >= 0.3 is 5.97 Å². The number of hydrogen-bond donors (Lipinski definition) is 1. The number of piperazine rings is 1. The van der Waals surface area contributed by atoms with Crippen LogP contribution in [0.2, 0.25) is 0 Å². The van der Waals surface area contributed by atoms with Gasteiger partial charge in [0.25, 0.3) is 0 Å². The van der Waals surface area contributed by atoms with Crippen molar-refractivity contribution in [2.24, 2.45) is 0 Å². The topological polar surface area (TPSA) is 54.5 Å². The zero-order chi connectivity index (χ0) is 13.2. The van der Waals surface area contributed by atoms with Crippen molar-refractivity contribution in [1.29, 1.82) is 0 Å². The number of nitrogens with one attached hydrogen (secondary N) is 1. The second-order valence-corrected chi connectivity index (χ2v) is 5.03. The molecule has 0 radical (unpaired) electrons. The number of rotatable bonds is 2. The number of hydrogen-bond acceptors (Lipinski definition) is 5. The summed E-state index contributed by atoms with van der Waals surface area (Å²) in [6.45, 7) is 7.13. The summed E-state index contributed by atoms with van der Waals surface area (Å²) in [4.78, 5) is 17.8. The van der Waals surface area contributed by atoms with E-state index in [1.165, 1.54) is 7.11 Å². The van der Waals surface area contributed by atoms with Crippen LogP contribution in [0.25, 0.3) is 0 Å². The minimum Gasteiger partial charge on any atom is -0.464 e. The van der Waals surface area contributed by atoms with E-state index in [-0.39, 0.29) is 5.54 Å². The molecule has 2 heterocycles. The fourth-order valence-electron chi connectivity index (χ4n) is 2.27. The fraction of sp³-hybridized carbons (Fsp3) is 0.538. The lowest BCUT2D eigenvalue weighted by molar-refractivity contribution is 0.0594. The Morgan fingerprint density at radius 3 is 3.00 bits per heavy atom. The van der Waals surface area contributed by atoms with Crippen LogP contribution in [0.5, 0.6) is 0 Å². The standard InChI is InChI=1S/C13H19N3O2/c1-13(2)9-14-6-7-16(13)10-4-5-15-11(8-10)12(17)18-3/h4-5,8,14H,6-7,9H2,1-3H3. The molecule has 18 heavy (non-hydrogen) atoms. The van der Waals surface area contributed by atoms with Gasteiger partial charge in [0.1, 0.15) is 5.69 Å². The quantitative estimate of drug-likeness (QED) is 0.794. The highest BCUT2D eigenvalue weighted by Crippen LogP contribution is 2.25. The fourth-order valence-corrected chi connectivity index (χ4v) is 2.27. The van der Waals surface area contributed by atoms with Crippen molar-refractivity contribution in [3.8, 4) is 0 Å². The van der Waals surface area contributed by atoms with Crippen LogP contribution < -0.4 is 10.2 Å². The summed E-state index contributed by atoms with van der Waals surface area (Å²) in [5.41, 5.74) is 1.38. The molecule has 1 aliphatic rings. The minimum absolute atomic E-state index is 0.0208. The Labute approximate surface area is 107 Å². The van der Waals surface area contributed by atoms with E-state index in [0.717, 1.165) is 25.3 Å². The van der Waals surface area contributed by atoms with Crippen LogP contribution in [0.15, 0.2) is 18.3 Å². The maximum atomic E-state index is 11.5. The molecular weight excluding hydrogens is 230 g/mol. The van der Waals surface area contributed by atoms with Crippen LogP contribution in [0.4, 0.5) is 5.69 Å². The van der Waals surface area contributed by atoms with E-state index in [0.29, 0.717) is 5.69 Å². The molecule has 1 saturated heterocycles. The summed E-state index contributed by atoms with van der Waals surface area (Å²) in [5, 5.41) is 3.37. The molecule has 0 saturated carbocycles. The van der Waals surface area contributed by atoms with Gasteiger partial charge in [0, 0.05) is 37.1 Å². The monoisotopic (exact) mass is 249 g/mol. The van der Waals surface area contributed by atoms with E-state index in [9.17, 15) is 4.79 Å². The van der Waals surface area contributed by atoms with Gasteiger partial charge in [-0.3, -0.25) is 0 Å². The lowest BCUT2D eigenvalue weighted by Crippen LogP contribution is -2.58. The van der Waals surface area contributed by atoms with Crippen molar-refractivity contribution in [3.63, 3.8) is 0 Å². The number of aromatic nitrogens is 1. The first kappa shape index (κ1) is 12.8. The van der Waals surface area contributed by atoms with Crippen molar-refractivity contribution in [3.05, 3.63) is 24.0 Å². The van der Waals surface area contributed by atoms with Crippen molar-refractivity contribution in [2.75, 3.05) is 31.6 Å². The third kappa shape index (κ3) is 2.46. The highest BCUT2D eigenvalue weighted by Gasteiger charge is 2.30. The predicted molar refractivity (Wildman–Crippen MR) is 69.9 cm³/mol. The molecule has 0 amide bonds. The Balaban J connectivity index is 2.30. The molecule has 5 heteroatoms. The molecule has 2 rings (SSSR count).